The second kappa shape index (κ2) is 23.4. The first-order valence-electron chi connectivity index (χ1n) is 20.4. The second-order valence-electron chi connectivity index (χ2n) is 16.3. The second-order valence-corrected chi connectivity index (χ2v) is 18.7. The summed E-state index contributed by atoms with van der Waals surface area (Å²) in [6, 6.07) is 16.1. The van der Waals surface area contributed by atoms with Crippen LogP contribution in [0.2, 0.25) is 5.02 Å². The first-order chi connectivity index (χ1) is 31.9. The summed E-state index contributed by atoms with van der Waals surface area (Å²) in [6.45, 7) is 6.08. The van der Waals surface area contributed by atoms with E-state index in [1.165, 1.54) is 12.1 Å². The van der Waals surface area contributed by atoms with E-state index in [2.05, 4.69) is 15.4 Å². The van der Waals surface area contributed by atoms with Crippen molar-refractivity contribution >= 4 is 62.5 Å². The van der Waals surface area contributed by atoms with E-state index in [-0.39, 0.29) is 42.4 Å². The van der Waals surface area contributed by atoms with Crippen molar-refractivity contribution in [2.75, 3.05) is 30.9 Å². The summed E-state index contributed by atoms with van der Waals surface area (Å²) in [4.78, 5) is 73.3. The lowest BCUT2D eigenvalue weighted by atomic mass is 9.81. The zero-order chi connectivity index (χ0) is 50.6. The number of halogens is 5. The number of ether oxygens (including phenoxy) is 3. The zero-order valence-electron chi connectivity index (χ0n) is 36.8. The number of benzene rings is 4. The Morgan fingerprint density at radius 3 is 1.94 bits per heavy atom. The molecule has 1 saturated heterocycles. The van der Waals surface area contributed by atoms with Crippen molar-refractivity contribution in [1.29, 1.82) is 0 Å². The molecule has 1 heterocycles. The van der Waals surface area contributed by atoms with Gasteiger partial charge in [-0.3, -0.25) is 34.0 Å². The highest BCUT2D eigenvalue weighted by Crippen LogP contribution is 2.35. The van der Waals surface area contributed by atoms with Gasteiger partial charge in [0.25, 0.3) is 5.91 Å². The van der Waals surface area contributed by atoms with Gasteiger partial charge in [0.15, 0.2) is 33.0 Å². The third kappa shape index (κ3) is 14.7. The minimum absolute atomic E-state index is 0.0764. The van der Waals surface area contributed by atoms with Crippen molar-refractivity contribution in [2.24, 2.45) is 5.41 Å². The van der Waals surface area contributed by atoms with Crippen LogP contribution in [0.15, 0.2) is 83.8 Å². The van der Waals surface area contributed by atoms with Gasteiger partial charge in [0.1, 0.15) is 30.2 Å². The number of hydrogen-bond donors (Lipinski definition) is 6. The maximum absolute atomic E-state index is 13.8. The highest BCUT2D eigenvalue weighted by atomic mass is 35.5. The fraction of sp³-hybridized carbons (Fsp3) is 0.333. The van der Waals surface area contributed by atoms with E-state index in [0.717, 1.165) is 12.5 Å². The van der Waals surface area contributed by atoms with Crippen LogP contribution in [-0.2, 0) is 48.8 Å². The van der Waals surface area contributed by atoms with Gasteiger partial charge in [0.05, 0.1) is 22.5 Å². The van der Waals surface area contributed by atoms with Crippen molar-refractivity contribution in [1.82, 2.24) is 16.1 Å². The number of Topliss-reactive ketones (excluding diaryl/α,β-unsaturated/α-hetero) is 1. The van der Waals surface area contributed by atoms with E-state index in [9.17, 15) is 54.7 Å². The molecule has 2 atom stereocenters. The SMILES string of the molecule is C[C@H](NC(=O)C(=O)Nc1ccccc1C(C)(C)C)C(=O)N[C@@H](CC(=O)O)C(=O)COc1c(F)c(F)cc(F)c1F.O=C(NO)C1(CS(=O)(=O)c2ccc(Oc3ccc(Cl)cc3)cc2)CCOCC1. The first kappa shape index (κ1) is 54.0. The zero-order valence-corrected chi connectivity index (χ0v) is 38.4. The average Bonchev–Trinajstić information content (AvgIpc) is 3.28. The lowest BCUT2D eigenvalue weighted by Gasteiger charge is -2.34. The van der Waals surface area contributed by atoms with Gasteiger partial charge in [-0.25, -0.2) is 22.7 Å². The predicted octanol–water partition coefficient (Wildman–Crippen LogP) is 5.80. The number of carboxylic acids is 1. The Bertz CT molecular complexity index is 2580. The fourth-order valence-corrected chi connectivity index (χ4v) is 8.50. The number of carboxylic acid groups (broad SMARTS) is 1. The minimum atomic E-state index is -3.77. The summed E-state index contributed by atoms with van der Waals surface area (Å²) in [5, 5.41) is 25.3. The Hall–Kier alpha value is -6.62. The molecule has 17 nitrogen and oxygen atoms in total. The molecule has 68 heavy (non-hydrogen) atoms. The number of amides is 4. The minimum Gasteiger partial charge on any atom is -0.481 e. The van der Waals surface area contributed by atoms with Gasteiger partial charge in [-0.15, -0.1) is 0 Å². The van der Waals surface area contributed by atoms with Crippen LogP contribution in [0.1, 0.15) is 52.5 Å². The fourth-order valence-electron chi connectivity index (χ4n) is 6.51. The van der Waals surface area contributed by atoms with Crippen LogP contribution < -0.4 is 30.9 Å². The Morgan fingerprint density at radius 1 is 0.838 bits per heavy atom. The third-order valence-corrected chi connectivity index (χ3v) is 12.4. The molecule has 0 bridgehead atoms. The summed E-state index contributed by atoms with van der Waals surface area (Å²) >= 11 is 5.84. The molecule has 0 spiro atoms. The van der Waals surface area contributed by atoms with Crippen LogP contribution >= 0.6 is 11.6 Å². The number of aliphatic carboxylic acids is 1. The summed E-state index contributed by atoms with van der Waals surface area (Å²) < 4.78 is 95.4. The molecule has 5 rings (SSSR count). The van der Waals surface area contributed by atoms with Crippen LogP contribution in [0.25, 0.3) is 0 Å². The largest absolute Gasteiger partial charge is 0.481 e. The molecule has 1 fully saturated rings. The van der Waals surface area contributed by atoms with E-state index < -0.39 is 111 Å². The van der Waals surface area contributed by atoms with Gasteiger partial charge < -0.3 is 35.3 Å². The number of sulfone groups is 1. The van der Waals surface area contributed by atoms with Gasteiger partial charge in [-0.2, -0.15) is 8.78 Å². The molecule has 4 aromatic carbocycles. The molecule has 4 amide bonds. The average molecular weight is 995 g/mol. The van der Waals surface area contributed by atoms with E-state index >= 15 is 0 Å². The molecule has 0 aromatic heterocycles. The van der Waals surface area contributed by atoms with Crippen LogP contribution in [-0.4, -0.2) is 91.8 Å². The highest BCUT2D eigenvalue weighted by molar-refractivity contribution is 7.91. The molecular weight excluding hydrogens is 948 g/mol. The number of para-hydroxylation sites is 1. The Kier molecular flexibility index (Phi) is 18.6. The number of carbonyl (C=O) groups is 6. The van der Waals surface area contributed by atoms with Crippen LogP contribution in [0.3, 0.4) is 0 Å². The molecule has 6 N–H and O–H groups in total. The summed E-state index contributed by atoms with van der Waals surface area (Å²) in [6.07, 6.45) is -0.575. The van der Waals surface area contributed by atoms with Gasteiger partial charge >= 0.3 is 17.8 Å². The molecule has 366 valence electrons. The summed E-state index contributed by atoms with van der Waals surface area (Å²) in [5.74, 6) is -15.3. The van der Waals surface area contributed by atoms with Crippen molar-refractivity contribution in [3.05, 3.63) is 113 Å². The molecular formula is C45H47ClF4N4O13S. The Balaban J connectivity index is 0.000000314. The van der Waals surface area contributed by atoms with Crippen LogP contribution in [0.5, 0.6) is 17.2 Å². The number of hydrogen-bond acceptors (Lipinski definition) is 12. The summed E-state index contributed by atoms with van der Waals surface area (Å²) in [5.41, 5.74) is 1.11. The normalized spacial score (nSPS) is 14.1. The first-order valence-corrected chi connectivity index (χ1v) is 22.4. The van der Waals surface area contributed by atoms with E-state index in [0.29, 0.717) is 22.2 Å². The van der Waals surface area contributed by atoms with Crippen molar-refractivity contribution in [2.45, 2.75) is 69.4 Å². The topological polar surface area (TPSA) is 253 Å². The molecule has 0 radical (unpaired) electrons. The maximum atomic E-state index is 13.8. The molecule has 4 aromatic rings. The van der Waals surface area contributed by atoms with Crippen molar-refractivity contribution in [3.63, 3.8) is 0 Å². The van der Waals surface area contributed by atoms with Crippen molar-refractivity contribution < 1.29 is 79.3 Å². The van der Waals surface area contributed by atoms with Gasteiger partial charge in [-0.1, -0.05) is 50.6 Å². The Labute approximate surface area is 392 Å². The maximum Gasteiger partial charge on any atom is 0.313 e. The van der Waals surface area contributed by atoms with Crippen molar-refractivity contribution in [3.8, 4) is 17.2 Å². The quantitative estimate of drug-likeness (QED) is 0.0256. The number of anilines is 1. The lowest BCUT2D eigenvalue weighted by Crippen LogP contribution is -2.53. The summed E-state index contributed by atoms with van der Waals surface area (Å²) in [7, 11) is -3.77. The van der Waals surface area contributed by atoms with Gasteiger partial charge in [0, 0.05) is 30.0 Å². The predicted molar refractivity (Wildman–Crippen MR) is 235 cm³/mol. The molecule has 0 unspecified atom stereocenters. The lowest BCUT2D eigenvalue weighted by molar-refractivity contribution is -0.143. The molecule has 1 aliphatic rings. The van der Waals surface area contributed by atoms with E-state index in [1.807, 2.05) is 26.1 Å². The number of rotatable bonds is 16. The number of hydroxylamine groups is 1. The van der Waals surface area contributed by atoms with Gasteiger partial charge in [0.2, 0.25) is 17.5 Å². The monoisotopic (exact) mass is 994 g/mol. The highest BCUT2D eigenvalue weighted by Gasteiger charge is 2.44. The van der Waals surface area contributed by atoms with E-state index in [4.69, 9.17) is 31.4 Å². The number of carbonyl (C=O) groups excluding carboxylic acids is 5. The van der Waals surface area contributed by atoms with E-state index in [1.54, 1.807) is 66.1 Å². The smallest absolute Gasteiger partial charge is 0.313 e. The third-order valence-electron chi connectivity index (χ3n) is 10.2. The molecule has 23 heteroatoms. The molecule has 1 aliphatic heterocycles. The van der Waals surface area contributed by atoms with Crippen LogP contribution in [0, 0.1) is 28.7 Å². The molecule has 0 aliphatic carbocycles. The van der Waals surface area contributed by atoms with Gasteiger partial charge in [-0.05, 0) is 85.3 Å². The Morgan fingerprint density at radius 2 is 1.40 bits per heavy atom. The number of ketones is 1. The standard InChI is InChI=1S/C26H27F4N3O7.C19H20ClNO6S/c1-12(31-24(38)25(39)32-16-8-6-5-7-13(16)26(2,3)4)23(37)33-17(10-19(35)36)18(34)11-40-22-20(29)14(27)9-15(28)21(22)30;20-14-1-3-15(4-2-14)27-16-5-7-17(8-6-16)28(24,25)13-19(18(22)21-23)9-11-26-12-10-19/h5-9,12,17H,10-11H2,1-4H3,(H,31,38)(H,32,39)(H,33,37)(H,35,36);1-8,23H,9-13H2,(H,21,22)/t12-,17-;/m0./s1. The number of nitrogens with one attached hydrogen (secondary N) is 4. The van der Waals surface area contributed by atoms with Crippen LogP contribution in [0.4, 0.5) is 23.2 Å². The molecule has 0 saturated carbocycles.